The molecule has 0 aromatic carbocycles. The molecular weight excluding hydrogens is 338 g/mol. The van der Waals surface area contributed by atoms with E-state index in [2.05, 4.69) is 39.2 Å². The maximum Gasteiger partial charge on any atom is 0.317 e. The van der Waals surface area contributed by atoms with Gasteiger partial charge in [-0.15, -0.1) is 0 Å². The SMILES string of the molecule is CCCN1CCC[C@H](CNC(=O)N2CCCN(c3ccnc(C)c3)CC2)C1. The summed E-state index contributed by atoms with van der Waals surface area (Å²) < 4.78 is 0. The molecule has 2 saturated heterocycles. The van der Waals surface area contributed by atoms with E-state index in [0.717, 1.165) is 51.4 Å². The van der Waals surface area contributed by atoms with E-state index in [4.69, 9.17) is 0 Å². The fraction of sp³-hybridized carbons (Fsp3) is 0.714. The van der Waals surface area contributed by atoms with Crippen molar-refractivity contribution in [2.24, 2.45) is 5.92 Å². The highest BCUT2D eigenvalue weighted by Crippen LogP contribution is 2.18. The molecule has 0 bridgehead atoms. The van der Waals surface area contributed by atoms with E-state index < -0.39 is 0 Å². The van der Waals surface area contributed by atoms with Gasteiger partial charge in [0.15, 0.2) is 0 Å². The van der Waals surface area contributed by atoms with Crippen molar-refractivity contribution in [1.82, 2.24) is 20.1 Å². The van der Waals surface area contributed by atoms with Crippen LogP contribution in [-0.2, 0) is 0 Å². The minimum atomic E-state index is 0.107. The summed E-state index contributed by atoms with van der Waals surface area (Å²) in [5.74, 6) is 0.595. The number of hydrogen-bond donors (Lipinski definition) is 1. The molecule has 2 fully saturated rings. The van der Waals surface area contributed by atoms with Gasteiger partial charge in [0.25, 0.3) is 0 Å². The summed E-state index contributed by atoms with van der Waals surface area (Å²) in [6.07, 6.45) is 6.56. The minimum Gasteiger partial charge on any atom is -0.370 e. The smallest absolute Gasteiger partial charge is 0.317 e. The van der Waals surface area contributed by atoms with Gasteiger partial charge in [-0.1, -0.05) is 6.92 Å². The predicted octanol–water partition coefficient (Wildman–Crippen LogP) is 2.73. The number of rotatable bonds is 5. The Labute approximate surface area is 163 Å². The first-order valence-corrected chi connectivity index (χ1v) is 10.6. The molecule has 1 atom stereocenters. The van der Waals surface area contributed by atoms with Gasteiger partial charge in [0.2, 0.25) is 0 Å². The molecule has 150 valence electrons. The van der Waals surface area contributed by atoms with Crippen LogP contribution in [0.1, 0.15) is 38.3 Å². The number of piperidine rings is 1. The third-order valence-corrected chi connectivity index (χ3v) is 5.71. The Kier molecular flexibility index (Phi) is 7.33. The van der Waals surface area contributed by atoms with Gasteiger partial charge in [-0.25, -0.2) is 4.79 Å². The number of pyridine rings is 1. The van der Waals surface area contributed by atoms with Gasteiger partial charge in [0.05, 0.1) is 0 Å². The Hall–Kier alpha value is -1.82. The summed E-state index contributed by atoms with van der Waals surface area (Å²) in [4.78, 5) is 23.8. The van der Waals surface area contributed by atoms with Gasteiger partial charge < -0.3 is 20.0 Å². The first-order chi connectivity index (χ1) is 13.2. The van der Waals surface area contributed by atoms with Crippen LogP contribution in [0.3, 0.4) is 0 Å². The van der Waals surface area contributed by atoms with Crippen molar-refractivity contribution < 1.29 is 4.79 Å². The van der Waals surface area contributed by atoms with Gasteiger partial charge in [0, 0.05) is 56.8 Å². The van der Waals surface area contributed by atoms with E-state index in [1.807, 2.05) is 18.0 Å². The number of hydrogen-bond acceptors (Lipinski definition) is 4. The van der Waals surface area contributed by atoms with Crippen LogP contribution >= 0.6 is 0 Å². The van der Waals surface area contributed by atoms with Gasteiger partial charge in [0.1, 0.15) is 0 Å². The molecule has 2 aliphatic rings. The molecule has 1 aromatic rings. The van der Waals surface area contributed by atoms with Gasteiger partial charge in [-0.05, 0) is 63.7 Å². The van der Waals surface area contributed by atoms with Crippen molar-refractivity contribution in [1.29, 1.82) is 0 Å². The summed E-state index contributed by atoms with van der Waals surface area (Å²) in [6, 6.07) is 4.30. The third kappa shape index (κ3) is 5.83. The normalized spacial score (nSPS) is 21.8. The van der Waals surface area contributed by atoms with E-state index in [1.54, 1.807) is 0 Å². The van der Waals surface area contributed by atoms with Crippen molar-refractivity contribution >= 4 is 11.7 Å². The topological polar surface area (TPSA) is 51.7 Å². The number of amides is 2. The number of likely N-dealkylation sites (tertiary alicyclic amines) is 1. The lowest BCUT2D eigenvalue weighted by Gasteiger charge is -2.33. The summed E-state index contributed by atoms with van der Waals surface area (Å²) in [5.41, 5.74) is 2.25. The number of aryl methyl sites for hydroxylation is 1. The number of anilines is 1. The van der Waals surface area contributed by atoms with Crippen molar-refractivity contribution in [2.75, 3.05) is 57.3 Å². The van der Waals surface area contributed by atoms with Crippen molar-refractivity contribution in [2.45, 2.75) is 39.5 Å². The molecule has 6 nitrogen and oxygen atoms in total. The zero-order chi connectivity index (χ0) is 19.1. The fourth-order valence-corrected chi connectivity index (χ4v) is 4.29. The molecule has 2 amide bonds. The monoisotopic (exact) mass is 373 g/mol. The van der Waals surface area contributed by atoms with Crippen LogP contribution in [0.15, 0.2) is 18.3 Å². The minimum absolute atomic E-state index is 0.107. The largest absolute Gasteiger partial charge is 0.370 e. The van der Waals surface area contributed by atoms with Crippen LogP contribution in [0.2, 0.25) is 0 Å². The standard InChI is InChI=1S/C21H35N5O/c1-3-9-24-10-4-6-19(17-24)16-23-21(27)26-12-5-11-25(13-14-26)20-7-8-22-18(2)15-20/h7-8,15,19H,3-6,9-14,16-17H2,1-2H3,(H,23,27)/t19-/m1/s1. The number of aromatic nitrogens is 1. The van der Waals surface area contributed by atoms with E-state index in [9.17, 15) is 4.79 Å². The zero-order valence-electron chi connectivity index (χ0n) is 17.0. The van der Waals surface area contributed by atoms with Crippen molar-refractivity contribution in [3.8, 4) is 0 Å². The van der Waals surface area contributed by atoms with Crippen LogP contribution in [0.4, 0.5) is 10.5 Å². The molecule has 1 aromatic heterocycles. The Balaban J connectivity index is 1.45. The lowest BCUT2D eigenvalue weighted by Crippen LogP contribution is -2.46. The second-order valence-corrected chi connectivity index (χ2v) is 7.98. The molecule has 1 N–H and O–H groups in total. The number of nitrogens with one attached hydrogen (secondary N) is 1. The molecule has 0 spiro atoms. The van der Waals surface area contributed by atoms with Gasteiger partial charge >= 0.3 is 6.03 Å². The molecule has 2 aliphatic heterocycles. The highest BCUT2D eigenvalue weighted by atomic mass is 16.2. The number of nitrogens with zero attached hydrogens (tertiary/aromatic N) is 4. The van der Waals surface area contributed by atoms with E-state index in [-0.39, 0.29) is 6.03 Å². The summed E-state index contributed by atoms with van der Waals surface area (Å²) in [5, 5.41) is 3.21. The van der Waals surface area contributed by atoms with E-state index in [0.29, 0.717) is 5.92 Å². The lowest BCUT2D eigenvalue weighted by atomic mass is 9.98. The lowest BCUT2D eigenvalue weighted by molar-refractivity contribution is 0.166. The number of carbonyl (C=O) groups excluding carboxylic acids is 1. The van der Waals surface area contributed by atoms with Crippen LogP contribution in [0.25, 0.3) is 0 Å². The molecule has 3 rings (SSSR count). The maximum atomic E-state index is 12.7. The quantitative estimate of drug-likeness (QED) is 0.862. The van der Waals surface area contributed by atoms with E-state index in [1.165, 1.54) is 38.0 Å². The van der Waals surface area contributed by atoms with Crippen LogP contribution in [0, 0.1) is 12.8 Å². The molecule has 6 heteroatoms. The highest BCUT2D eigenvalue weighted by molar-refractivity contribution is 5.74. The molecule has 0 unspecified atom stereocenters. The molecule has 0 radical (unpaired) electrons. The average molecular weight is 374 g/mol. The summed E-state index contributed by atoms with van der Waals surface area (Å²) >= 11 is 0. The van der Waals surface area contributed by atoms with Crippen molar-refractivity contribution in [3.63, 3.8) is 0 Å². The molecular formula is C21H35N5O. The molecule has 27 heavy (non-hydrogen) atoms. The first-order valence-electron chi connectivity index (χ1n) is 10.6. The Morgan fingerprint density at radius 1 is 1.22 bits per heavy atom. The second-order valence-electron chi connectivity index (χ2n) is 7.98. The maximum absolute atomic E-state index is 12.7. The molecule has 0 saturated carbocycles. The molecule has 3 heterocycles. The highest BCUT2D eigenvalue weighted by Gasteiger charge is 2.22. The van der Waals surface area contributed by atoms with Crippen LogP contribution in [-0.4, -0.2) is 73.2 Å². The molecule has 0 aliphatic carbocycles. The van der Waals surface area contributed by atoms with Gasteiger partial charge in [-0.3, -0.25) is 4.98 Å². The third-order valence-electron chi connectivity index (χ3n) is 5.71. The van der Waals surface area contributed by atoms with E-state index >= 15 is 0 Å². The Morgan fingerprint density at radius 2 is 2.11 bits per heavy atom. The first kappa shape index (κ1) is 19.9. The van der Waals surface area contributed by atoms with Gasteiger partial charge in [-0.2, -0.15) is 0 Å². The number of urea groups is 1. The fourth-order valence-electron chi connectivity index (χ4n) is 4.29. The van der Waals surface area contributed by atoms with Crippen molar-refractivity contribution in [3.05, 3.63) is 24.0 Å². The summed E-state index contributed by atoms with van der Waals surface area (Å²) in [6.45, 7) is 12.1. The summed E-state index contributed by atoms with van der Waals surface area (Å²) in [7, 11) is 0. The number of carbonyl (C=O) groups is 1. The van der Waals surface area contributed by atoms with Crippen LogP contribution < -0.4 is 10.2 Å². The van der Waals surface area contributed by atoms with Crippen LogP contribution in [0.5, 0.6) is 0 Å². The second kappa shape index (κ2) is 9.93. The predicted molar refractivity (Wildman–Crippen MR) is 110 cm³/mol. The average Bonchev–Trinajstić information content (AvgIpc) is 2.93. The Morgan fingerprint density at radius 3 is 2.93 bits per heavy atom. The Bertz CT molecular complexity index is 606. The zero-order valence-corrected chi connectivity index (χ0v) is 17.0.